The number of guanidine groups is 1. The molecule has 2 heterocycles. The van der Waals surface area contributed by atoms with E-state index in [1.807, 2.05) is 0 Å². The molecular weight excluding hydrogens is 334 g/mol. The molecule has 0 bridgehead atoms. The molecule has 2 unspecified atom stereocenters. The van der Waals surface area contributed by atoms with Gasteiger partial charge in [0.1, 0.15) is 0 Å². The molecular formula is C22H37N5. The number of piperidine rings is 1. The minimum atomic E-state index is 0.569. The molecule has 1 aromatic carbocycles. The van der Waals surface area contributed by atoms with Crippen LogP contribution in [0.4, 0.5) is 0 Å². The van der Waals surface area contributed by atoms with E-state index in [1.165, 1.54) is 56.4 Å². The molecule has 1 aromatic rings. The molecule has 0 spiro atoms. The summed E-state index contributed by atoms with van der Waals surface area (Å²) in [7, 11) is 0. The molecule has 0 saturated carbocycles. The van der Waals surface area contributed by atoms with Crippen molar-refractivity contribution in [2.75, 3.05) is 32.7 Å². The van der Waals surface area contributed by atoms with E-state index in [9.17, 15) is 0 Å². The first kappa shape index (κ1) is 20.2. The first-order valence-corrected chi connectivity index (χ1v) is 10.7. The number of nitrogens with one attached hydrogen (secondary N) is 1. The highest BCUT2D eigenvalue weighted by Gasteiger charge is 2.22. The van der Waals surface area contributed by atoms with Gasteiger partial charge in [0.05, 0.1) is 6.54 Å². The lowest BCUT2D eigenvalue weighted by molar-refractivity contribution is 0.176. The molecule has 5 heteroatoms. The van der Waals surface area contributed by atoms with Crippen LogP contribution >= 0.6 is 0 Å². The van der Waals surface area contributed by atoms with Crippen molar-refractivity contribution in [1.29, 1.82) is 0 Å². The van der Waals surface area contributed by atoms with Crippen molar-refractivity contribution in [3.8, 4) is 0 Å². The molecule has 0 amide bonds. The van der Waals surface area contributed by atoms with Gasteiger partial charge in [-0.05, 0) is 62.4 Å². The molecule has 2 saturated heterocycles. The molecule has 2 aliphatic rings. The molecule has 3 rings (SSSR count). The van der Waals surface area contributed by atoms with E-state index in [2.05, 4.69) is 58.2 Å². The topological polar surface area (TPSA) is 56.9 Å². The molecule has 2 atom stereocenters. The molecule has 0 aromatic heterocycles. The summed E-state index contributed by atoms with van der Waals surface area (Å²) in [6, 6.07) is 9.27. The Bertz CT molecular complexity index is 614. The molecule has 0 radical (unpaired) electrons. The SMILES string of the molecule is CCN1CCCC1CNC(N)=NCc1ccccc1CN1CCCC(C)C1. The third-order valence-electron chi connectivity index (χ3n) is 6.10. The number of hydrogen-bond donors (Lipinski definition) is 2. The Hall–Kier alpha value is -1.59. The number of rotatable bonds is 7. The predicted octanol–water partition coefficient (Wildman–Crippen LogP) is 2.81. The van der Waals surface area contributed by atoms with Gasteiger partial charge in [0, 0.05) is 25.7 Å². The lowest BCUT2D eigenvalue weighted by Gasteiger charge is -2.31. The average molecular weight is 372 g/mol. The van der Waals surface area contributed by atoms with E-state index in [4.69, 9.17) is 5.73 Å². The van der Waals surface area contributed by atoms with Crippen LogP contribution in [-0.4, -0.2) is 54.5 Å². The fourth-order valence-corrected chi connectivity index (χ4v) is 4.53. The Labute approximate surface area is 165 Å². The maximum atomic E-state index is 6.15. The second-order valence-electron chi connectivity index (χ2n) is 8.26. The second kappa shape index (κ2) is 10.1. The van der Waals surface area contributed by atoms with Crippen LogP contribution < -0.4 is 11.1 Å². The first-order valence-electron chi connectivity index (χ1n) is 10.7. The zero-order chi connectivity index (χ0) is 19.1. The van der Waals surface area contributed by atoms with Crippen molar-refractivity contribution in [1.82, 2.24) is 15.1 Å². The summed E-state index contributed by atoms with van der Waals surface area (Å²) in [5, 5.41) is 3.34. The van der Waals surface area contributed by atoms with Crippen LogP contribution in [0.5, 0.6) is 0 Å². The Morgan fingerprint density at radius 1 is 1.19 bits per heavy atom. The van der Waals surface area contributed by atoms with Gasteiger partial charge in [0.2, 0.25) is 0 Å². The van der Waals surface area contributed by atoms with Crippen molar-refractivity contribution in [3.63, 3.8) is 0 Å². The number of benzene rings is 1. The summed E-state index contributed by atoms with van der Waals surface area (Å²) >= 11 is 0. The van der Waals surface area contributed by atoms with E-state index in [-0.39, 0.29) is 0 Å². The maximum Gasteiger partial charge on any atom is 0.188 e. The summed E-state index contributed by atoms with van der Waals surface area (Å²) in [4.78, 5) is 9.73. The van der Waals surface area contributed by atoms with Crippen molar-refractivity contribution in [2.24, 2.45) is 16.6 Å². The zero-order valence-electron chi connectivity index (χ0n) is 17.2. The fourth-order valence-electron chi connectivity index (χ4n) is 4.53. The minimum Gasteiger partial charge on any atom is -0.370 e. The average Bonchev–Trinajstić information content (AvgIpc) is 3.13. The van der Waals surface area contributed by atoms with Crippen LogP contribution in [-0.2, 0) is 13.1 Å². The third-order valence-corrected chi connectivity index (χ3v) is 6.10. The van der Waals surface area contributed by atoms with E-state index < -0.39 is 0 Å². The van der Waals surface area contributed by atoms with Crippen LogP contribution in [0.3, 0.4) is 0 Å². The van der Waals surface area contributed by atoms with E-state index in [0.29, 0.717) is 18.5 Å². The summed E-state index contributed by atoms with van der Waals surface area (Å²) in [6.45, 7) is 11.9. The van der Waals surface area contributed by atoms with Gasteiger partial charge in [-0.25, -0.2) is 4.99 Å². The van der Waals surface area contributed by atoms with E-state index >= 15 is 0 Å². The summed E-state index contributed by atoms with van der Waals surface area (Å²) in [6.07, 6.45) is 5.22. The van der Waals surface area contributed by atoms with Gasteiger partial charge in [0.25, 0.3) is 0 Å². The largest absolute Gasteiger partial charge is 0.370 e. The van der Waals surface area contributed by atoms with Gasteiger partial charge >= 0.3 is 0 Å². The van der Waals surface area contributed by atoms with E-state index in [1.54, 1.807) is 0 Å². The predicted molar refractivity (Wildman–Crippen MR) is 114 cm³/mol. The summed E-state index contributed by atoms with van der Waals surface area (Å²) < 4.78 is 0. The number of aliphatic imine (C=N–C) groups is 1. The molecule has 2 fully saturated rings. The van der Waals surface area contributed by atoms with Gasteiger partial charge < -0.3 is 11.1 Å². The van der Waals surface area contributed by atoms with Crippen LogP contribution in [0, 0.1) is 5.92 Å². The molecule has 0 aliphatic carbocycles. The molecule has 150 valence electrons. The highest BCUT2D eigenvalue weighted by atomic mass is 15.2. The van der Waals surface area contributed by atoms with Gasteiger partial charge in [-0.2, -0.15) is 0 Å². The molecule has 3 N–H and O–H groups in total. The van der Waals surface area contributed by atoms with Crippen molar-refractivity contribution in [3.05, 3.63) is 35.4 Å². The first-order chi connectivity index (χ1) is 13.2. The Morgan fingerprint density at radius 2 is 1.96 bits per heavy atom. The van der Waals surface area contributed by atoms with Crippen molar-refractivity contribution < 1.29 is 0 Å². The Balaban J connectivity index is 1.53. The summed E-state index contributed by atoms with van der Waals surface area (Å²) in [5.74, 6) is 1.38. The number of hydrogen-bond acceptors (Lipinski definition) is 3. The van der Waals surface area contributed by atoms with Crippen LogP contribution in [0.25, 0.3) is 0 Å². The number of nitrogens with two attached hydrogens (primary N) is 1. The number of likely N-dealkylation sites (N-methyl/N-ethyl adjacent to an activating group) is 1. The highest BCUT2D eigenvalue weighted by molar-refractivity contribution is 5.77. The Kier molecular flexibility index (Phi) is 7.53. The number of likely N-dealkylation sites (tertiary alicyclic amines) is 2. The van der Waals surface area contributed by atoms with Gasteiger partial charge in [-0.3, -0.25) is 9.80 Å². The zero-order valence-corrected chi connectivity index (χ0v) is 17.2. The molecule has 27 heavy (non-hydrogen) atoms. The van der Waals surface area contributed by atoms with E-state index in [0.717, 1.165) is 25.6 Å². The minimum absolute atomic E-state index is 0.569. The highest BCUT2D eigenvalue weighted by Crippen LogP contribution is 2.20. The molecule has 2 aliphatic heterocycles. The van der Waals surface area contributed by atoms with Crippen LogP contribution in [0.2, 0.25) is 0 Å². The second-order valence-corrected chi connectivity index (χ2v) is 8.26. The van der Waals surface area contributed by atoms with Gasteiger partial charge in [0.15, 0.2) is 5.96 Å². The van der Waals surface area contributed by atoms with Crippen molar-refractivity contribution in [2.45, 2.75) is 58.7 Å². The van der Waals surface area contributed by atoms with Crippen LogP contribution in [0.15, 0.2) is 29.3 Å². The van der Waals surface area contributed by atoms with Gasteiger partial charge in [-0.15, -0.1) is 0 Å². The fraction of sp³-hybridized carbons (Fsp3) is 0.682. The van der Waals surface area contributed by atoms with Crippen molar-refractivity contribution >= 4 is 5.96 Å². The number of nitrogens with zero attached hydrogens (tertiary/aromatic N) is 3. The molecule has 5 nitrogen and oxygen atoms in total. The maximum absolute atomic E-state index is 6.15. The lowest BCUT2D eigenvalue weighted by Crippen LogP contribution is -2.42. The van der Waals surface area contributed by atoms with Crippen LogP contribution in [0.1, 0.15) is 50.7 Å². The normalized spacial score (nSPS) is 25.0. The smallest absolute Gasteiger partial charge is 0.188 e. The van der Waals surface area contributed by atoms with Gasteiger partial charge in [-0.1, -0.05) is 38.1 Å². The Morgan fingerprint density at radius 3 is 2.74 bits per heavy atom. The monoisotopic (exact) mass is 371 g/mol. The lowest BCUT2D eigenvalue weighted by atomic mass is 9.99. The third kappa shape index (κ3) is 5.94. The standard InChI is InChI=1S/C22H37N5/c1-3-27-13-7-11-21(27)15-25-22(23)24-14-19-9-4-5-10-20(19)17-26-12-6-8-18(2)16-26/h4-5,9-10,18,21H,3,6-8,11-17H2,1-2H3,(H3,23,24,25). The summed E-state index contributed by atoms with van der Waals surface area (Å²) in [5.41, 5.74) is 8.82. The quantitative estimate of drug-likeness (QED) is 0.572.